The van der Waals surface area contributed by atoms with E-state index in [0.29, 0.717) is 44.2 Å². The molecule has 1 saturated heterocycles. The van der Waals surface area contributed by atoms with Crippen molar-refractivity contribution in [3.05, 3.63) is 46.9 Å². The first-order valence-electron chi connectivity index (χ1n) is 11.3. The van der Waals surface area contributed by atoms with Crippen molar-refractivity contribution < 1.29 is 14.6 Å². The Morgan fingerprint density at radius 3 is 2.56 bits per heavy atom. The number of fused-ring (bicyclic) bond motifs is 1. The third-order valence-corrected chi connectivity index (χ3v) is 7.25. The van der Waals surface area contributed by atoms with E-state index in [1.807, 2.05) is 78.9 Å². The fourth-order valence-electron chi connectivity index (χ4n) is 4.27. The molecule has 3 aromatic rings. The second kappa shape index (κ2) is 10.3. The van der Waals surface area contributed by atoms with Crippen LogP contribution in [0.25, 0.3) is 22.3 Å². The molecule has 1 aromatic heterocycles. The smallest absolute Gasteiger partial charge is 0.264 e. The Morgan fingerprint density at radius 1 is 1.18 bits per heavy atom. The number of aliphatic hydroxyl groups is 1. The molecule has 180 valence electrons. The molecule has 1 aliphatic rings. The number of rotatable bonds is 6. The molecule has 1 N–H and O–H groups in total. The molecule has 0 spiro atoms. The number of para-hydroxylation sites is 1. The zero-order valence-electron chi connectivity index (χ0n) is 19.5. The van der Waals surface area contributed by atoms with Crippen LogP contribution in [0.15, 0.2) is 46.9 Å². The van der Waals surface area contributed by atoms with Crippen LogP contribution in [0.1, 0.15) is 20.3 Å². The van der Waals surface area contributed by atoms with Crippen LogP contribution >= 0.6 is 38.5 Å². The van der Waals surface area contributed by atoms with Crippen molar-refractivity contribution in [1.82, 2.24) is 14.9 Å². The lowest BCUT2D eigenvalue weighted by atomic mass is 10.0. The quantitative estimate of drug-likeness (QED) is 0.306. The first-order valence-corrected chi connectivity index (χ1v) is 13.1. The topological polar surface area (TPSA) is 78.8 Å². The van der Waals surface area contributed by atoms with E-state index in [0.717, 1.165) is 26.8 Å². The summed E-state index contributed by atoms with van der Waals surface area (Å²) in [6, 6.07) is 13.7. The summed E-state index contributed by atoms with van der Waals surface area (Å²) in [5.41, 5.74) is 1.67. The Kier molecular flexibility index (Phi) is 7.63. The third-order valence-electron chi connectivity index (χ3n) is 5.86. The van der Waals surface area contributed by atoms with Crippen LogP contribution in [0, 0.1) is 5.92 Å². The van der Waals surface area contributed by atoms with E-state index < -0.39 is 3.61 Å². The SMILES string of the molecule is COc1ccccc1-c1nc(N2CCN(C(=O)C(O)(I)CC(C)C)CC2)c2cc(Br)ccc2n1. The molecule has 0 bridgehead atoms. The summed E-state index contributed by atoms with van der Waals surface area (Å²) in [7, 11) is 1.64. The highest BCUT2D eigenvalue weighted by Crippen LogP contribution is 2.34. The van der Waals surface area contributed by atoms with Crippen molar-refractivity contribution in [3.63, 3.8) is 0 Å². The number of hydrogen-bond acceptors (Lipinski definition) is 6. The van der Waals surface area contributed by atoms with Gasteiger partial charge in [-0.25, -0.2) is 9.97 Å². The predicted octanol–water partition coefficient (Wildman–Crippen LogP) is 4.89. The lowest BCUT2D eigenvalue weighted by Crippen LogP contribution is -2.54. The van der Waals surface area contributed by atoms with Gasteiger partial charge in [0.1, 0.15) is 11.6 Å². The Labute approximate surface area is 221 Å². The van der Waals surface area contributed by atoms with E-state index in [4.69, 9.17) is 14.7 Å². The number of benzene rings is 2. The Morgan fingerprint density at radius 2 is 1.88 bits per heavy atom. The number of alkyl halides is 1. The van der Waals surface area contributed by atoms with Crippen molar-refractivity contribution >= 4 is 61.1 Å². The van der Waals surface area contributed by atoms with Crippen molar-refractivity contribution in [2.75, 3.05) is 38.2 Å². The molecule has 7 nitrogen and oxygen atoms in total. The summed E-state index contributed by atoms with van der Waals surface area (Å²) in [5.74, 6) is 2.15. The standard InChI is InChI=1S/C25H28BrIN4O3/c1-16(2)15-25(27,33)24(32)31-12-10-30(11-13-31)23-19-14-17(26)8-9-20(19)28-22(29-23)18-6-4-5-7-21(18)34-3/h4-9,14,16,33H,10-13,15H2,1-3H3. The summed E-state index contributed by atoms with van der Waals surface area (Å²) >= 11 is 5.45. The third kappa shape index (κ3) is 5.31. The lowest BCUT2D eigenvalue weighted by Gasteiger charge is -2.38. The molecule has 1 amide bonds. The summed E-state index contributed by atoms with van der Waals surface area (Å²) in [6.45, 7) is 6.28. The Hall–Kier alpha value is -1.98. The van der Waals surface area contributed by atoms with Crippen molar-refractivity contribution in [2.45, 2.75) is 23.9 Å². The van der Waals surface area contributed by atoms with Gasteiger partial charge in [-0.15, -0.1) is 0 Å². The zero-order chi connectivity index (χ0) is 24.5. The van der Waals surface area contributed by atoms with Gasteiger partial charge in [-0.1, -0.05) is 41.9 Å². The van der Waals surface area contributed by atoms with Crippen LogP contribution in [0.3, 0.4) is 0 Å². The van der Waals surface area contributed by atoms with Gasteiger partial charge < -0.3 is 19.6 Å². The van der Waals surface area contributed by atoms with E-state index in [1.165, 1.54) is 0 Å². The van der Waals surface area contributed by atoms with E-state index in [2.05, 4.69) is 20.8 Å². The second-order valence-electron chi connectivity index (χ2n) is 8.87. The molecular formula is C25H28BrIN4O3. The second-order valence-corrected chi connectivity index (χ2v) is 11.6. The molecule has 1 unspecified atom stereocenters. The van der Waals surface area contributed by atoms with Gasteiger partial charge in [0.25, 0.3) is 5.91 Å². The van der Waals surface area contributed by atoms with Gasteiger partial charge in [0.15, 0.2) is 9.43 Å². The van der Waals surface area contributed by atoms with Gasteiger partial charge in [0.05, 0.1) is 18.2 Å². The number of ether oxygens (including phenoxy) is 1. The molecule has 1 atom stereocenters. The number of aromatic nitrogens is 2. The lowest BCUT2D eigenvalue weighted by molar-refractivity contribution is -0.142. The van der Waals surface area contributed by atoms with E-state index >= 15 is 0 Å². The number of piperazine rings is 1. The average molecular weight is 639 g/mol. The van der Waals surface area contributed by atoms with Crippen LogP contribution < -0.4 is 9.64 Å². The largest absolute Gasteiger partial charge is 0.496 e. The van der Waals surface area contributed by atoms with Crippen LogP contribution in [0.4, 0.5) is 5.82 Å². The maximum atomic E-state index is 13.0. The molecule has 0 saturated carbocycles. The number of nitrogens with zero attached hydrogens (tertiary/aromatic N) is 4. The van der Waals surface area contributed by atoms with Crippen LogP contribution in [-0.2, 0) is 4.79 Å². The number of halogens is 2. The highest BCUT2D eigenvalue weighted by atomic mass is 127. The van der Waals surface area contributed by atoms with Crippen molar-refractivity contribution in [1.29, 1.82) is 0 Å². The van der Waals surface area contributed by atoms with E-state index in [1.54, 1.807) is 12.0 Å². The molecule has 34 heavy (non-hydrogen) atoms. The summed E-state index contributed by atoms with van der Waals surface area (Å²) in [6.07, 6.45) is 0.430. The van der Waals surface area contributed by atoms with Crippen LogP contribution in [-0.4, -0.2) is 62.8 Å². The van der Waals surface area contributed by atoms with Crippen molar-refractivity contribution in [3.8, 4) is 17.1 Å². The van der Waals surface area contributed by atoms with Gasteiger partial charge in [-0.05, 0) is 65.3 Å². The van der Waals surface area contributed by atoms with E-state index in [-0.39, 0.29) is 11.8 Å². The summed E-state index contributed by atoms with van der Waals surface area (Å²) < 4.78 is 5.12. The highest BCUT2D eigenvalue weighted by molar-refractivity contribution is 14.1. The number of anilines is 1. The van der Waals surface area contributed by atoms with E-state index in [9.17, 15) is 9.90 Å². The molecule has 2 heterocycles. The minimum absolute atomic E-state index is 0.216. The number of carbonyl (C=O) groups excluding carboxylic acids is 1. The number of carbonyl (C=O) groups is 1. The first-order chi connectivity index (χ1) is 16.2. The summed E-state index contributed by atoms with van der Waals surface area (Å²) in [4.78, 5) is 26.7. The van der Waals surface area contributed by atoms with Gasteiger partial charge in [0, 0.05) is 36.0 Å². The Balaban J connectivity index is 1.65. The van der Waals surface area contributed by atoms with Gasteiger partial charge >= 0.3 is 0 Å². The maximum absolute atomic E-state index is 13.0. The molecule has 9 heteroatoms. The molecular weight excluding hydrogens is 611 g/mol. The zero-order valence-corrected chi connectivity index (χ0v) is 23.2. The molecule has 4 rings (SSSR count). The van der Waals surface area contributed by atoms with Gasteiger partial charge in [-0.3, -0.25) is 4.79 Å². The first kappa shape index (κ1) is 25.1. The normalized spacial score (nSPS) is 16.1. The molecule has 1 aliphatic heterocycles. The molecule has 0 radical (unpaired) electrons. The average Bonchev–Trinajstić information content (AvgIpc) is 2.82. The van der Waals surface area contributed by atoms with Crippen LogP contribution in [0.2, 0.25) is 0 Å². The van der Waals surface area contributed by atoms with Crippen LogP contribution in [0.5, 0.6) is 5.75 Å². The minimum Gasteiger partial charge on any atom is -0.496 e. The monoisotopic (exact) mass is 638 g/mol. The number of methoxy groups -OCH3 is 1. The highest BCUT2D eigenvalue weighted by Gasteiger charge is 2.38. The number of amides is 1. The Bertz CT molecular complexity index is 1200. The van der Waals surface area contributed by atoms with Gasteiger partial charge in [-0.2, -0.15) is 0 Å². The fraction of sp³-hybridized carbons (Fsp3) is 0.400. The summed E-state index contributed by atoms with van der Waals surface area (Å²) in [5, 5.41) is 11.7. The predicted molar refractivity (Wildman–Crippen MR) is 146 cm³/mol. The molecule has 0 aliphatic carbocycles. The molecule has 1 fully saturated rings. The van der Waals surface area contributed by atoms with Gasteiger partial charge in [0.2, 0.25) is 0 Å². The fourth-order valence-corrected chi connectivity index (χ4v) is 5.85. The minimum atomic E-state index is -1.38. The molecule has 2 aromatic carbocycles. The maximum Gasteiger partial charge on any atom is 0.264 e. The van der Waals surface area contributed by atoms with Crippen molar-refractivity contribution in [2.24, 2.45) is 5.92 Å². The number of hydrogen-bond donors (Lipinski definition) is 1.